The summed E-state index contributed by atoms with van der Waals surface area (Å²) in [6.07, 6.45) is 0. The van der Waals surface area contributed by atoms with E-state index < -0.39 is 16.7 Å². The first-order valence-electron chi connectivity index (χ1n) is 6.80. The quantitative estimate of drug-likeness (QED) is 0.491. The lowest BCUT2D eigenvalue weighted by Gasteiger charge is -2.15. The number of nitro groups is 1. The summed E-state index contributed by atoms with van der Waals surface area (Å²) < 4.78 is 5.21. The first-order valence-corrected chi connectivity index (χ1v) is 6.80. The number of rotatable bonds is 4. The van der Waals surface area contributed by atoms with E-state index in [9.17, 15) is 19.7 Å². The highest BCUT2D eigenvalue weighted by atomic mass is 16.6. The number of benzene rings is 2. The predicted octanol–water partition coefficient (Wildman–Crippen LogP) is 2.40. The summed E-state index contributed by atoms with van der Waals surface area (Å²) in [6, 6.07) is 11.0. The number of carbonyl (C=O) groups excluding carboxylic acids is 2. The van der Waals surface area contributed by atoms with Gasteiger partial charge < -0.3 is 4.74 Å². The molecule has 2 aromatic rings. The maximum Gasteiger partial charge on any atom is 0.282 e. The van der Waals surface area contributed by atoms with Gasteiger partial charge in [-0.25, -0.2) is 0 Å². The summed E-state index contributed by atoms with van der Waals surface area (Å²) in [5.74, 6) is -0.665. The van der Waals surface area contributed by atoms with Crippen LogP contribution in [0.5, 0.6) is 5.75 Å². The Labute approximate surface area is 131 Å². The Morgan fingerprint density at radius 2 is 1.83 bits per heavy atom. The molecule has 23 heavy (non-hydrogen) atoms. The summed E-state index contributed by atoms with van der Waals surface area (Å²) in [4.78, 5) is 36.3. The highest BCUT2D eigenvalue weighted by Crippen LogP contribution is 2.32. The number of ether oxygens (including phenoxy) is 1. The molecule has 7 heteroatoms. The summed E-state index contributed by atoms with van der Waals surface area (Å²) in [7, 11) is 1.49. The van der Waals surface area contributed by atoms with Crippen LogP contribution in [0.1, 0.15) is 26.3 Å². The van der Waals surface area contributed by atoms with Crippen LogP contribution in [-0.2, 0) is 6.54 Å². The van der Waals surface area contributed by atoms with E-state index in [-0.39, 0.29) is 23.4 Å². The Hall–Kier alpha value is -3.22. The molecule has 0 radical (unpaired) electrons. The summed E-state index contributed by atoms with van der Waals surface area (Å²) in [6.45, 7) is -0.00643. The fraction of sp³-hybridized carbons (Fsp3) is 0.125. The summed E-state index contributed by atoms with van der Waals surface area (Å²) in [5.41, 5.74) is 0.187. The lowest BCUT2D eigenvalue weighted by Crippen LogP contribution is -2.29. The second-order valence-electron chi connectivity index (χ2n) is 4.97. The number of nitrogens with zero attached hydrogens (tertiary/aromatic N) is 2. The molecule has 0 atom stereocenters. The monoisotopic (exact) mass is 312 g/mol. The van der Waals surface area contributed by atoms with Gasteiger partial charge >= 0.3 is 0 Å². The fourth-order valence-corrected chi connectivity index (χ4v) is 2.62. The fourth-order valence-electron chi connectivity index (χ4n) is 2.62. The van der Waals surface area contributed by atoms with Crippen LogP contribution in [0.4, 0.5) is 5.69 Å². The lowest BCUT2D eigenvalue weighted by molar-refractivity contribution is -0.385. The highest BCUT2D eigenvalue weighted by Gasteiger charge is 2.41. The molecule has 0 fully saturated rings. The van der Waals surface area contributed by atoms with E-state index in [2.05, 4.69) is 0 Å². The molecule has 116 valence electrons. The van der Waals surface area contributed by atoms with Gasteiger partial charge in [-0.05, 0) is 12.1 Å². The van der Waals surface area contributed by atoms with Crippen LogP contribution in [0.25, 0.3) is 0 Å². The van der Waals surface area contributed by atoms with E-state index in [1.54, 1.807) is 24.3 Å². The van der Waals surface area contributed by atoms with E-state index in [1.807, 2.05) is 0 Å². The standard InChI is InChI=1S/C16H12N2O5/c1-23-13-8-3-2-5-10(13)9-17-15(19)11-6-4-7-12(18(21)22)14(11)16(17)20/h2-8H,9H2,1H3. The van der Waals surface area contributed by atoms with Gasteiger partial charge in [0.25, 0.3) is 17.5 Å². The minimum absolute atomic E-state index is 0.00643. The molecule has 0 unspecified atom stereocenters. The third-order valence-electron chi connectivity index (χ3n) is 3.69. The van der Waals surface area contributed by atoms with Gasteiger partial charge in [0.1, 0.15) is 11.3 Å². The van der Waals surface area contributed by atoms with Crippen molar-refractivity contribution in [2.75, 3.05) is 7.11 Å². The van der Waals surface area contributed by atoms with E-state index >= 15 is 0 Å². The van der Waals surface area contributed by atoms with Crippen molar-refractivity contribution in [3.63, 3.8) is 0 Å². The normalized spacial score (nSPS) is 13.2. The van der Waals surface area contributed by atoms with Crippen LogP contribution in [0, 0.1) is 10.1 Å². The topological polar surface area (TPSA) is 89.8 Å². The average molecular weight is 312 g/mol. The molecule has 0 aliphatic carbocycles. The minimum Gasteiger partial charge on any atom is -0.496 e. The zero-order chi connectivity index (χ0) is 16.6. The zero-order valence-corrected chi connectivity index (χ0v) is 12.2. The van der Waals surface area contributed by atoms with Crippen LogP contribution < -0.4 is 4.74 Å². The number of imide groups is 1. The van der Waals surface area contributed by atoms with Gasteiger partial charge in [0.2, 0.25) is 0 Å². The minimum atomic E-state index is -0.664. The number of nitro benzene ring substituents is 1. The van der Waals surface area contributed by atoms with E-state index in [1.165, 1.54) is 25.3 Å². The maximum absolute atomic E-state index is 12.5. The maximum atomic E-state index is 12.5. The van der Waals surface area contributed by atoms with Crippen molar-refractivity contribution in [1.82, 2.24) is 4.90 Å². The van der Waals surface area contributed by atoms with Crippen LogP contribution in [0.3, 0.4) is 0 Å². The molecule has 7 nitrogen and oxygen atoms in total. The molecule has 0 saturated carbocycles. The highest BCUT2D eigenvalue weighted by molar-refractivity contribution is 6.23. The molecule has 2 aromatic carbocycles. The van der Waals surface area contributed by atoms with Gasteiger partial charge in [-0.1, -0.05) is 24.3 Å². The molecule has 0 spiro atoms. The van der Waals surface area contributed by atoms with Crippen molar-refractivity contribution in [1.29, 1.82) is 0 Å². The van der Waals surface area contributed by atoms with Gasteiger partial charge in [0.05, 0.1) is 24.1 Å². The Morgan fingerprint density at radius 3 is 2.52 bits per heavy atom. The molecular formula is C16H12N2O5. The predicted molar refractivity (Wildman–Crippen MR) is 80.3 cm³/mol. The SMILES string of the molecule is COc1ccccc1CN1C(=O)c2cccc([N+](=O)[O-])c2C1=O. The van der Waals surface area contributed by atoms with Crippen molar-refractivity contribution >= 4 is 17.5 Å². The molecule has 2 amide bonds. The molecular weight excluding hydrogens is 300 g/mol. The summed E-state index contributed by atoms with van der Waals surface area (Å²) in [5, 5.41) is 11.1. The van der Waals surface area contributed by atoms with E-state index in [4.69, 9.17) is 4.74 Å². The average Bonchev–Trinajstić information content (AvgIpc) is 2.80. The van der Waals surface area contributed by atoms with Crippen molar-refractivity contribution in [3.8, 4) is 5.75 Å². The van der Waals surface area contributed by atoms with Gasteiger partial charge in [0, 0.05) is 11.6 Å². The molecule has 0 saturated heterocycles. The molecule has 0 aromatic heterocycles. The molecule has 3 rings (SSSR count). The molecule has 1 aliphatic rings. The number of fused-ring (bicyclic) bond motifs is 1. The third-order valence-corrected chi connectivity index (χ3v) is 3.69. The van der Waals surface area contributed by atoms with Gasteiger partial charge in [-0.15, -0.1) is 0 Å². The summed E-state index contributed by atoms with van der Waals surface area (Å²) >= 11 is 0. The number of carbonyl (C=O) groups is 2. The van der Waals surface area contributed by atoms with E-state index in [0.29, 0.717) is 11.3 Å². The van der Waals surface area contributed by atoms with Crippen molar-refractivity contribution in [2.45, 2.75) is 6.54 Å². The smallest absolute Gasteiger partial charge is 0.282 e. The Morgan fingerprint density at radius 1 is 1.09 bits per heavy atom. The van der Waals surface area contributed by atoms with Gasteiger partial charge in [0.15, 0.2) is 0 Å². The van der Waals surface area contributed by atoms with Crippen molar-refractivity contribution in [2.24, 2.45) is 0 Å². The van der Waals surface area contributed by atoms with Gasteiger partial charge in [-0.2, -0.15) is 0 Å². The first-order chi connectivity index (χ1) is 11.0. The number of hydrogen-bond acceptors (Lipinski definition) is 5. The number of amides is 2. The Balaban J connectivity index is 2.01. The molecule has 1 heterocycles. The second-order valence-corrected chi connectivity index (χ2v) is 4.97. The lowest BCUT2D eigenvalue weighted by atomic mass is 10.1. The first kappa shape index (κ1) is 14.7. The number of hydrogen-bond donors (Lipinski definition) is 0. The van der Waals surface area contributed by atoms with Crippen LogP contribution in [0.2, 0.25) is 0 Å². The van der Waals surface area contributed by atoms with Gasteiger partial charge in [-0.3, -0.25) is 24.6 Å². The molecule has 0 bridgehead atoms. The van der Waals surface area contributed by atoms with Crippen molar-refractivity contribution < 1.29 is 19.2 Å². The molecule has 1 aliphatic heterocycles. The van der Waals surface area contributed by atoms with E-state index in [0.717, 1.165) is 4.90 Å². The molecule has 0 N–H and O–H groups in total. The largest absolute Gasteiger partial charge is 0.496 e. The van der Waals surface area contributed by atoms with Crippen LogP contribution in [-0.4, -0.2) is 28.7 Å². The second kappa shape index (κ2) is 5.53. The van der Waals surface area contributed by atoms with Crippen molar-refractivity contribution in [3.05, 3.63) is 69.3 Å². The Bertz CT molecular complexity index is 831. The number of para-hydroxylation sites is 1. The number of methoxy groups -OCH3 is 1. The van der Waals surface area contributed by atoms with Crippen LogP contribution >= 0.6 is 0 Å². The zero-order valence-electron chi connectivity index (χ0n) is 12.2. The third kappa shape index (κ3) is 2.32. The van der Waals surface area contributed by atoms with Crippen LogP contribution in [0.15, 0.2) is 42.5 Å². The Kier molecular flexibility index (Phi) is 3.53.